The first-order valence-corrected chi connectivity index (χ1v) is 14.2. The van der Waals surface area contributed by atoms with Gasteiger partial charge in [-0.2, -0.15) is 0 Å². The Hall–Kier alpha value is -1.57. The van der Waals surface area contributed by atoms with Crippen LogP contribution in [0.4, 0.5) is 0 Å². The fourth-order valence-corrected chi connectivity index (χ4v) is 9.81. The van der Waals surface area contributed by atoms with Gasteiger partial charge in [0, 0.05) is 5.92 Å². The van der Waals surface area contributed by atoms with Gasteiger partial charge in [-0.15, -0.1) is 7.80 Å². The molecular formula is C26H33BO4P2. The number of esters is 1. The molecule has 2 aromatic carbocycles. The van der Waals surface area contributed by atoms with E-state index in [4.69, 9.17) is 21.8 Å². The number of rotatable bonds is 7. The SMILES string of the molecule is [B]P(C[C@@H]1[C@H]2CC(=O)O[C@H]2C[C@@H]1Pc1cc(C)c(OC)c(C)c1)c1cc(C)c(OC)c(C)c1. The third kappa shape index (κ3) is 4.96. The minimum Gasteiger partial charge on any atom is -0.496 e. The van der Waals surface area contributed by atoms with Crippen LogP contribution in [0.3, 0.4) is 0 Å². The van der Waals surface area contributed by atoms with Crippen LogP contribution in [0.25, 0.3) is 0 Å². The summed E-state index contributed by atoms with van der Waals surface area (Å²) in [6.07, 6.45) is 2.43. The molecule has 2 unspecified atom stereocenters. The standard InChI is InChI=1S/C26H33BO4P2/c1-14-7-18(8-15(2)25(14)29-5)32-23-12-22-20(11-24(28)31-22)21(23)13-33(27)19-9-16(3)26(30-6)17(4)10-19/h7-10,20-23,32H,11-13H2,1-6H3/t20-,21-,22+,23+,33?/m1/s1. The lowest BCUT2D eigenvalue weighted by Gasteiger charge is -2.28. The Balaban J connectivity index is 1.58. The Morgan fingerprint density at radius 2 is 1.55 bits per heavy atom. The summed E-state index contributed by atoms with van der Waals surface area (Å²) in [5, 5.41) is 2.55. The van der Waals surface area contributed by atoms with E-state index in [1.54, 1.807) is 14.2 Å². The number of aryl methyl sites for hydroxylation is 4. The zero-order chi connectivity index (χ0) is 23.9. The third-order valence-corrected chi connectivity index (χ3v) is 10.5. The van der Waals surface area contributed by atoms with E-state index in [-0.39, 0.29) is 18.0 Å². The number of ether oxygens (including phenoxy) is 3. The summed E-state index contributed by atoms with van der Waals surface area (Å²) in [5.74, 6) is 2.52. The molecule has 174 valence electrons. The molecule has 1 saturated heterocycles. The maximum atomic E-state index is 12.1. The van der Waals surface area contributed by atoms with Gasteiger partial charge in [-0.05, 0) is 109 Å². The van der Waals surface area contributed by atoms with E-state index in [0.717, 1.165) is 35.2 Å². The minimum atomic E-state index is -0.834. The van der Waals surface area contributed by atoms with Crippen molar-refractivity contribution in [3.63, 3.8) is 0 Å². The summed E-state index contributed by atoms with van der Waals surface area (Å²) in [4.78, 5) is 12.1. The van der Waals surface area contributed by atoms with E-state index in [2.05, 4.69) is 52.0 Å². The van der Waals surface area contributed by atoms with Crippen LogP contribution in [0.2, 0.25) is 0 Å². The number of benzene rings is 2. The van der Waals surface area contributed by atoms with E-state index in [9.17, 15) is 4.79 Å². The summed E-state index contributed by atoms with van der Waals surface area (Å²) in [5.41, 5.74) is 5.07. The van der Waals surface area contributed by atoms with Crippen LogP contribution < -0.4 is 20.1 Å². The summed E-state index contributed by atoms with van der Waals surface area (Å²) in [6.45, 7) is 8.37. The fourth-order valence-electron chi connectivity index (χ4n) is 5.75. The van der Waals surface area contributed by atoms with E-state index in [1.165, 1.54) is 21.7 Å². The number of carbonyl (C=O) groups excluding carboxylic acids is 1. The molecule has 2 aromatic rings. The largest absolute Gasteiger partial charge is 0.496 e. The van der Waals surface area contributed by atoms with Gasteiger partial charge in [0.2, 0.25) is 0 Å². The van der Waals surface area contributed by atoms with Crippen LogP contribution in [-0.2, 0) is 9.53 Å². The molecule has 6 atom stereocenters. The topological polar surface area (TPSA) is 44.8 Å². The van der Waals surface area contributed by atoms with Crippen molar-refractivity contribution in [1.82, 2.24) is 0 Å². The van der Waals surface area contributed by atoms with Crippen molar-refractivity contribution >= 4 is 40.5 Å². The number of carbonyl (C=O) groups is 1. The van der Waals surface area contributed by atoms with Gasteiger partial charge in [0.15, 0.2) is 0 Å². The molecule has 0 amide bonds. The first kappa shape index (κ1) is 24.6. The van der Waals surface area contributed by atoms with Crippen molar-refractivity contribution in [1.29, 1.82) is 0 Å². The van der Waals surface area contributed by atoms with Crippen molar-refractivity contribution in [3.8, 4) is 11.5 Å². The monoisotopic (exact) mass is 482 g/mol. The van der Waals surface area contributed by atoms with Crippen LogP contribution in [-0.4, -0.2) is 45.7 Å². The van der Waals surface area contributed by atoms with Crippen LogP contribution in [0.15, 0.2) is 24.3 Å². The second-order valence-corrected chi connectivity index (χ2v) is 12.9. The molecule has 0 spiro atoms. The maximum Gasteiger partial charge on any atom is 0.306 e. The molecule has 0 aromatic heterocycles. The molecule has 1 aliphatic carbocycles. The highest BCUT2D eigenvalue weighted by molar-refractivity contribution is 7.88. The molecular weight excluding hydrogens is 449 g/mol. The molecule has 4 nitrogen and oxygen atoms in total. The number of fused-ring (bicyclic) bond motifs is 1. The second kappa shape index (κ2) is 9.97. The molecule has 2 fully saturated rings. The Kier molecular flexibility index (Phi) is 7.42. The van der Waals surface area contributed by atoms with Crippen LogP contribution >= 0.6 is 16.4 Å². The minimum absolute atomic E-state index is 0.0446. The summed E-state index contributed by atoms with van der Waals surface area (Å²) < 4.78 is 16.8. The molecule has 2 aliphatic rings. The molecule has 33 heavy (non-hydrogen) atoms. The van der Waals surface area contributed by atoms with Crippen LogP contribution in [0.5, 0.6) is 11.5 Å². The average molecular weight is 482 g/mol. The molecule has 0 bridgehead atoms. The lowest BCUT2D eigenvalue weighted by Crippen LogP contribution is -2.24. The Bertz CT molecular complexity index is 1010. The Morgan fingerprint density at radius 1 is 1.00 bits per heavy atom. The van der Waals surface area contributed by atoms with Gasteiger partial charge in [0.1, 0.15) is 25.2 Å². The van der Waals surface area contributed by atoms with Crippen molar-refractivity contribution in [2.75, 3.05) is 20.4 Å². The van der Waals surface area contributed by atoms with Crippen molar-refractivity contribution in [2.45, 2.75) is 52.3 Å². The first-order valence-electron chi connectivity index (χ1n) is 11.5. The fraction of sp³-hybridized carbons (Fsp3) is 0.500. The van der Waals surface area contributed by atoms with E-state index < -0.39 is 7.80 Å². The zero-order valence-corrected chi connectivity index (χ0v) is 22.3. The Morgan fingerprint density at radius 3 is 2.09 bits per heavy atom. The summed E-state index contributed by atoms with van der Waals surface area (Å²) in [7, 11) is 10.1. The quantitative estimate of drug-likeness (QED) is 0.333. The van der Waals surface area contributed by atoms with Gasteiger partial charge >= 0.3 is 5.97 Å². The lowest BCUT2D eigenvalue weighted by molar-refractivity contribution is -0.141. The van der Waals surface area contributed by atoms with Gasteiger partial charge < -0.3 is 14.2 Å². The third-order valence-electron chi connectivity index (χ3n) is 7.12. The predicted octanol–water partition coefficient (Wildman–Crippen LogP) is 4.45. The van der Waals surface area contributed by atoms with Crippen LogP contribution in [0, 0.1) is 39.5 Å². The summed E-state index contributed by atoms with van der Waals surface area (Å²) >= 11 is 0. The predicted molar refractivity (Wildman–Crippen MR) is 140 cm³/mol. The van der Waals surface area contributed by atoms with Crippen molar-refractivity contribution < 1.29 is 19.0 Å². The highest BCUT2D eigenvalue weighted by Gasteiger charge is 2.50. The van der Waals surface area contributed by atoms with Gasteiger partial charge in [-0.25, -0.2) is 0 Å². The zero-order valence-electron chi connectivity index (χ0n) is 20.4. The molecule has 7 heteroatoms. The Labute approximate surface area is 202 Å². The molecule has 4 rings (SSSR count). The highest BCUT2D eigenvalue weighted by atomic mass is 31.1. The molecule has 1 saturated carbocycles. The summed E-state index contributed by atoms with van der Waals surface area (Å²) in [6, 6.07) is 8.85. The molecule has 1 aliphatic heterocycles. The highest BCUT2D eigenvalue weighted by Crippen LogP contribution is 2.52. The lowest BCUT2D eigenvalue weighted by atomic mass is 9.95. The van der Waals surface area contributed by atoms with Crippen LogP contribution in [0.1, 0.15) is 35.1 Å². The average Bonchev–Trinajstić information content (AvgIpc) is 3.24. The first-order chi connectivity index (χ1) is 15.7. The molecule has 2 radical (unpaired) electrons. The van der Waals surface area contributed by atoms with E-state index in [1.807, 2.05) is 0 Å². The molecule has 0 N–H and O–H groups in total. The number of hydrogen-bond acceptors (Lipinski definition) is 4. The van der Waals surface area contributed by atoms with E-state index in [0.29, 0.717) is 26.6 Å². The van der Waals surface area contributed by atoms with Crippen molar-refractivity contribution in [2.24, 2.45) is 11.8 Å². The second-order valence-electron chi connectivity index (χ2n) is 9.46. The smallest absolute Gasteiger partial charge is 0.306 e. The van der Waals surface area contributed by atoms with E-state index >= 15 is 0 Å². The van der Waals surface area contributed by atoms with Gasteiger partial charge in [0.25, 0.3) is 0 Å². The van der Waals surface area contributed by atoms with Crippen molar-refractivity contribution in [3.05, 3.63) is 46.5 Å². The number of hydrogen-bond donors (Lipinski definition) is 0. The van der Waals surface area contributed by atoms with Gasteiger partial charge in [-0.3, -0.25) is 4.79 Å². The maximum absolute atomic E-state index is 12.1. The number of methoxy groups -OCH3 is 2. The van der Waals surface area contributed by atoms with Gasteiger partial charge in [-0.1, -0.05) is 8.58 Å². The normalized spacial score (nSPS) is 25.3. The van der Waals surface area contributed by atoms with Gasteiger partial charge in [0.05, 0.1) is 20.6 Å². The molecule has 1 heterocycles.